The van der Waals surface area contributed by atoms with Crippen molar-refractivity contribution in [2.45, 2.75) is 32.4 Å². The molecule has 1 aromatic carbocycles. The molecule has 0 radical (unpaired) electrons. The van der Waals surface area contributed by atoms with E-state index in [0.29, 0.717) is 24.4 Å². The molecule has 1 aliphatic rings. The molecule has 1 N–H and O–H groups in total. The molecule has 1 heterocycles. The van der Waals surface area contributed by atoms with Gasteiger partial charge in [0.1, 0.15) is 0 Å². The first-order chi connectivity index (χ1) is 8.74. The first-order valence-corrected chi connectivity index (χ1v) is 6.84. The van der Waals surface area contributed by atoms with Crippen molar-refractivity contribution in [2.75, 3.05) is 0 Å². The molecule has 5 heteroatoms. The van der Waals surface area contributed by atoms with Crippen LogP contribution in [0.25, 0.3) is 11.5 Å². The van der Waals surface area contributed by atoms with Crippen molar-refractivity contribution < 1.29 is 4.42 Å². The second-order valence-electron chi connectivity index (χ2n) is 4.59. The number of hydrogen-bond donors (Lipinski definition) is 1. The summed E-state index contributed by atoms with van der Waals surface area (Å²) in [7, 11) is 0. The molecule has 0 bridgehead atoms. The van der Waals surface area contributed by atoms with Crippen LogP contribution in [-0.2, 0) is 6.54 Å². The van der Waals surface area contributed by atoms with Gasteiger partial charge in [-0.3, -0.25) is 0 Å². The summed E-state index contributed by atoms with van der Waals surface area (Å²) in [5, 5.41) is 11.5. The van der Waals surface area contributed by atoms with E-state index in [-0.39, 0.29) is 0 Å². The zero-order chi connectivity index (χ0) is 12.5. The number of nitrogens with zero attached hydrogens (tertiary/aromatic N) is 2. The normalized spacial score (nSPS) is 15.0. The Morgan fingerprint density at radius 2 is 2.22 bits per heavy atom. The monoisotopic (exact) mass is 307 g/mol. The minimum Gasteiger partial charge on any atom is -0.419 e. The Morgan fingerprint density at radius 3 is 3.00 bits per heavy atom. The van der Waals surface area contributed by atoms with Crippen LogP contribution in [-0.4, -0.2) is 16.2 Å². The Hall–Kier alpha value is -1.20. The molecule has 2 aromatic rings. The number of rotatable bonds is 4. The van der Waals surface area contributed by atoms with E-state index in [9.17, 15) is 0 Å². The van der Waals surface area contributed by atoms with Crippen LogP contribution in [0, 0.1) is 6.92 Å². The molecular formula is C13H14BrN3O. The van der Waals surface area contributed by atoms with E-state index in [0.717, 1.165) is 15.6 Å². The zero-order valence-electron chi connectivity index (χ0n) is 10.1. The standard InChI is InChI=1S/C13H14BrN3O/c1-8-3-2-4-10(12(8)14)13-17-16-11(18-13)7-15-9-5-6-9/h2-4,9,15H,5-7H2,1H3. The van der Waals surface area contributed by atoms with Gasteiger partial charge in [0.15, 0.2) is 0 Å². The molecule has 1 aromatic heterocycles. The Morgan fingerprint density at radius 1 is 1.39 bits per heavy atom. The van der Waals surface area contributed by atoms with E-state index >= 15 is 0 Å². The lowest BCUT2D eigenvalue weighted by atomic mass is 10.1. The van der Waals surface area contributed by atoms with Crippen molar-refractivity contribution in [2.24, 2.45) is 0 Å². The van der Waals surface area contributed by atoms with Crippen molar-refractivity contribution in [1.82, 2.24) is 15.5 Å². The van der Waals surface area contributed by atoms with E-state index in [4.69, 9.17) is 4.42 Å². The molecular weight excluding hydrogens is 294 g/mol. The van der Waals surface area contributed by atoms with Crippen LogP contribution in [0.2, 0.25) is 0 Å². The lowest BCUT2D eigenvalue weighted by molar-refractivity contribution is 0.476. The largest absolute Gasteiger partial charge is 0.419 e. The van der Waals surface area contributed by atoms with Gasteiger partial charge < -0.3 is 9.73 Å². The zero-order valence-corrected chi connectivity index (χ0v) is 11.7. The van der Waals surface area contributed by atoms with Crippen molar-refractivity contribution in [1.29, 1.82) is 0 Å². The summed E-state index contributed by atoms with van der Waals surface area (Å²) in [5.74, 6) is 1.21. The fourth-order valence-corrected chi connectivity index (χ4v) is 2.20. The van der Waals surface area contributed by atoms with Gasteiger partial charge in [-0.05, 0) is 47.3 Å². The van der Waals surface area contributed by atoms with Crippen LogP contribution in [0.3, 0.4) is 0 Å². The number of halogens is 1. The molecule has 18 heavy (non-hydrogen) atoms. The second kappa shape index (κ2) is 4.82. The van der Waals surface area contributed by atoms with Gasteiger partial charge in [0.25, 0.3) is 0 Å². The van der Waals surface area contributed by atoms with Gasteiger partial charge in [0.05, 0.1) is 12.1 Å². The first kappa shape index (κ1) is 11.9. The lowest BCUT2D eigenvalue weighted by Crippen LogP contribution is -2.15. The molecule has 0 unspecified atom stereocenters. The topological polar surface area (TPSA) is 51.0 Å². The number of benzene rings is 1. The highest BCUT2D eigenvalue weighted by molar-refractivity contribution is 9.10. The molecule has 1 fully saturated rings. The van der Waals surface area contributed by atoms with E-state index < -0.39 is 0 Å². The summed E-state index contributed by atoms with van der Waals surface area (Å²) < 4.78 is 6.68. The third-order valence-corrected chi connectivity index (χ3v) is 4.06. The highest BCUT2D eigenvalue weighted by Crippen LogP contribution is 2.29. The minimum atomic E-state index is 0.568. The van der Waals surface area contributed by atoms with Crippen molar-refractivity contribution in [3.05, 3.63) is 34.1 Å². The molecule has 1 aliphatic carbocycles. The average Bonchev–Trinajstić information content (AvgIpc) is 3.08. The van der Waals surface area contributed by atoms with Gasteiger partial charge in [-0.1, -0.05) is 12.1 Å². The predicted octanol–water partition coefficient (Wildman–Crippen LogP) is 3.06. The number of nitrogens with one attached hydrogen (secondary N) is 1. The minimum absolute atomic E-state index is 0.568. The van der Waals surface area contributed by atoms with E-state index in [1.54, 1.807) is 0 Å². The van der Waals surface area contributed by atoms with Gasteiger partial charge in [-0.15, -0.1) is 10.2 Å². The lowest BCUT2D eigenvalue weighted by Gasteiger charge is -2.02. The number of hydrogen-bond acceptors (Lipinski definition) is 4. The quantitative estimate of drug-likeness (QED) is 0.943. The van der Waals surface area contributed by atoms with Crippen molar-refractivity contribution in [3.63, 3.8) is 0 Å². The Balaban J connectivity index is 1.80. The summed E-state index contributed by atoms with van der Waals surface area (Å²) in [6.45, 7) is 2.70. The second-order valence-corrected chi connectivity index (χ2v) is 5.39. The molecule has 0 spiro atoms. The third kappa shape index (κ3) is 2.47. The summed E-state index contributed by atoms with van der Waals surface area (Å²) in [4.78, 5) is 0. The predicted molar refractivity (Wildman–Crippen MR) is 72.0 cm³/mol. The van der Waals surface area contributed by atoms with Crippen LogP contribution in [0.15, 0.2) is 27.1 Å². The molecule has 94 valence electrons. The van der Waals surface area contributed by atoms with Crippen LogP contribution in [0.4, 0.5) is 0 Å². The van der Waals surface area contributed by atoms with E-state index in [1.807, 2.05) is 25.1 Å². The Kier molecular flexibility index (Phi) is 3.18. The Labute approximate surface area is 114 Å². The average molecular weight is 308 g/mol. The molecule has 0 atom stereocenters. The van der Waals surface area contributed by atoms with Crippen molar-refractivity contribution in [3.8, 4) is 11.5 Å². The van der Waals surface area contributed by atoms with Gasteiger partial charge >= 0.3 is 0 Å². The van der Waals surface area contributed by atoms with E-state index in [2.05, 4.69) is 31.4 Å². The van der Waals surface area contributed by atoms with Crippen LogP contribution < -0.4 is 5.32 Å². The first-order valence-electron chi connectivity index (χ1n) is 6.05. The summed E-state index contributed by atoms with van der Waals surface area (Å²) in [6.07, 6.45) is 2.51. The summed E-state index contributed by atoms with van der Waals surface area (Å²) in [5.41, 5.74) is 2.10. The highest BCUT2D eigenvalue weighted by atomic mass is 79.9. The fourth-order valence-electron chi connectivity index (χ4n) is 1.77. The molecule has 0 aliphatic heterocycles. The maximum absolute atomic E-state index is 5.67. The van der Waals surface area contributed by atoms with Crippen LogP contribution >= 0.6 is 15.9 Å². The molecule has 4 nitrogen and oxygen atoms in total. The fraction of sp³-hybridized carbons (Fsp3) is 0.385. The SMILES string of the molecule is Cc1cccc(-c2nnc(CNC3CC3)o2)c1Br. The molecule has 0 amide bonds. The van der Waals surface area contributed by atoms with Gasteiger partial charge in [-0.2, -0.15) is 0 Å². The summed E-state index contributed by atoms with van der Waals surface area (Å²) >= 11 is 3.55. The maximum atomic E-state index is 5.67. The molecule has 3 rings (SSSR count). The van der Waals surface area contributed by atoms with Crippen molar-refractivity contribution >= 4 is 15.9 Å². The number of aryl methyl sites for hydroxylation is 1. The molecule has 1 saturated carbocycles. The summed E-state index contributed by atoms with van der Waals surface area (Å²) in [6, 6.07) is 6.65. The highest BCUT2D eigenvalue weighted by Gasteiger charge is 2.21. The number of aromatic nitrogens is 2. The van der Waals surface area contributed by atoms with Gasteiger partial charge in [0, 0.05) is 10.5 Å². The third-order valence-electron chi connectivity index (χ3n) is 3.01. The van der Waals surface area contributed by atoms with E-state index in [1.165, 1.54) is 12.8 Å². The van der Waals surface area contributed by atoms with Gasteiger partial charge in [-0.25, -0.2) is 0 Å². The molecule has 0 saturated heterocycles. The van der Waals surface area contributed by atoms with Crippen LogP contribution in [0.5, 0.6) is 0 Å². The smallest absolute Gasteiger partial charge is 0.248 e. The Bertz CT molecular complexity index is 563. The maximum Gasteiger partial charge on any atom is 0.248 e. The van der Waals surface area contributed by atoms with Crippen LogP contribution in [0.1, 0.15) is 24.3 Å². The van der Waals surface area contributed by atoms with Gasteiger partial charge in [0.2, 0.25) is 11.8 Å².